The second kappa shape index (κ2) is 9.27. The molecule has 0 bridgehead atoms. The lowest BCUT2D eigenvalue weighted by atomic mass is 10.1. The van der Waals surface area contributed by atoms with Crippen molar-refractivity contribution in [3.8, 4) is 0 Å². The van der Waals surface area contributed by atoms with Gasteiger partial charge >= 0.3 is 0 Å². The van der Waals surface area contributed by atoms with Crippen LogP contribution in [0.4, 0.5) is 11.4 Å². The molecule has 0 atom stereocenters. The molecule has 0 unspecified atom stereocenters. The van der Waals surface area contributed by atoms with Crippen LogP contribution in [0.3, 0.4) is 0 Å². The SMILES string of the molecule is CC(=O)Nc1ccc(C=NNC(=O)c2ccc(CN3c4cccc5cccc(c45)S3(=O)=O)cc2)cc1. The van der Waals surface area contributed by atoms with Crippen molar-refractivity contribution in [2.45, 2.75) is 18.4 Å². The van der Waals surface area contributed by atoms with E-state index in [9.17, 15) is 18.0 Å². The summed E-state index contributed by atoms with van der Waals surface area (Å²) in [6.45, 7) is 1.59. The highest BCUT2D eigenvalue weighted by molar-refractivity contribution is 7.93. The molecular weight excluding hydrogens is 476 g/mol. The minimum Gasteiger partial charge on any atom is -0.326 e. The average molecular weight is 499 g/mol. The second-order valence-corrected chi connectivity index (χ2v) is 10.2. The van der Waals surface area contributed by atoms with Gasteiger partial charge in [0.05, 0.1) is 23.3 Å². The van der Waals surface area contributed by atoms with Crippen LogP contribution in [0.5, 0.6) is 0 Å². The van der Waals surface area contributed by atoms with Gasteiger partial charge in [0.25, 0.3) is 15.9 Å². The van der Waals surface area contributed by atoms with Crippen molar-refractivity contribution in [1.82, 2.24) is 5.43 Å². The molecule has 0 fully saturated rings. The van der Waals surface area contributed by atoms with Gasteiger partial charge in [-0.2, -0.15) is 5.10 Å². The molecule has 1 aliphatic rings. The summed E-state index contributed by atoms with van der Waals surface area (Å²) in [5, 5.41) is 8.27. The molecule has 4 aromatic rings. The number of nitrogens with zero attached hydrogens (tertiary/aromatic N) is 2. The third-order valence-corrected chi connectivity index (χ3v) is 7.64. The molecule has 8 nitrogen and oxygen atoms in total. The Morgan fingerprint density at radius 3 is 2.31 bits per heavy atom. The molecule has 0 aromatic heterocycles. The zero-order valence-corrected chi connectivity index (χ0v) is 20.1. The number of nitrogens with one attached hydrogen (secondary N) is 2. The zero-order valence-electron chi connectivity index (χ0n) is 19.3. The maximum absolute atomic E-state index is 13.2. The van der Waals surface area contributed by atoms with Crippen LogP contribution in [0, 0.1) is 0 Å². The molecule has 9 heteroatoms. The minimum atomic E-state index is -3.66. The van der Waals surface area contributed by atoms with Crippen LogP contribution in [-0.4, -0.2) is 26.4 Å². The van der Waals surface area contributed by atoms with E-state index in [4.69, 9.17) is 0 Å². The second-order valence-electron chi connectivity index (χ2n) is 8.34. The van der Waals surface area contributed by atoms with E-state index in [1.807, 2.05) is 24.3 Å². The molecule has 4 aromatic carbocycles. The number of hydrogen-bond donors (Lipinski definition) is 2. The van der Waals surface area contributed by atoms with E-state index >= 15 is 0 Å². The molecule has 0 saturated heterocycles. The number of hydrazone groups is 1. The van der Waals surface area contributed by atoms with Gasteiger partial charge in [0.2, 0.25) is 5.91 Å². The number of anilines is 2. The van der Waals surface area contributed by atoms with E-state index in [1.54, 1.807) is 60.7 Å². The smallest absolute Gasteiger partial charge is 0.271 e. The molecule has 0 radical (unpaired) electrons. The van der Waals surface area contributed by atoms with Gasteiger partial charge in [-0.15, -0.1) is 0 Å². The Bertz CT molecular complexity index is 1610. The van der Waals surface area contributed by atoms with Gasteiger partial charge in [-0.25, -0.2) is 13.8 Å². The fraction of sp³-hybridized carbons (Fsp3) is 0.0741. The lowest BCUT2D eigenvalue weighted by Crippen LogP contribution is -2.26. The van der Waals surface area contributed by atoms with Crippen molar-refractivity contribution in [3.05, 3.63) is 102 Å². The molecule has 1 heterocycles. The summed E-state index contributed by atoms with van der Waals surface area (Å²) < 4.78 is 27.7. The van der Waals surface area contributed by atoms with Crippen molar-refractivity contribution >= 4 is 50.2 Å². The first kappa shape index (κ1) is 23.3. The van der Waals surface area contributed by atoms with Crippen molar-refractivity contribution in [2.75, 3.05) is 9.62 Å². The van der Waals surface area contributed by atoms with Crippen LogP contribution in [0.15, 0.2) is 94.9 Å². The van der Waals surface area contributed by atoms with Crippen molar-refractivity contribution in [3.63, 3.8) is 0 Å². The summed E-state index contributed by atoms with van der Waals surface area (Å²) in [7, 11) is -3.66. The Balaban J connectivity index is 1.25. The summed E-state index contributed by atoms with van der Waals surface area (Å²) in [6.07, 6.45) is 1.50. The highest BCUT2D eigenvalue weighted by atomic mass is 32.2. The summed E-state index contributed by atoms with van der Waals surface area (Å²) in [4.78, 5) is 23.9. The fourth-order valence-electron chi connectivity index (χ4n) is 4.14. The topological polar surface area (TPSA) is 108 Å². The predicted octanol–water partition coefficient (Wildman–Crippen LogP) is 4.27. The summed E-state index contributed by atoms with van der Waals surface area (Å²) in [5.74, 6) is -0.544. The summed E-state index contributed by atoms with van der Waals surface area (Å²) >= 11 is 0. The van der Waals surface area contributed by atoms with E-state index in [1.165, 1.54) is 17.4 Å². The third kappa shape index (κ3) is 4.44. The lowest BCUT2D eigenvalue weighted by Gasteiger charge is -2.19. The Morgan fingerprint density at radius 1 is 0.917 bits per heavy atom. The number of carbonyl (C=O) groups excluding carboxylic acids is 2. The molecule has 1 aliphatic heterocycles. The van der Waals surface area contributed by atoms with Crippen molar-refractivity contribution < 1.29 is 18.0 Å². The predicted molar refractivity (Wildman–Crippen MR) is 140 cm³/mol. The van der Waals surface area contributed by atoms with Crippen LogP contribution >= 0.6 is 0 Å². The number of benzene rings is 4. The average Bonchev–Trinajstić information content (AvgIpc) is 3.08. The van der Waals surface area contributed by atoms with Gasteiger partial charge in [0.15, 0.2) is 0 Å². The Kier molecular flexibility index (Phi) is 5.99. The van der Waals surface area contributed by atoms with Crippen molar-refractivity contribution in [2.24, 2.45) is 5.10 Å². The Hall–Kier alpha value is -4.50. The van der Waals surface area contributed by atoms with E-state index in [2.05, 4.69) is 15.8 Å². The highest BCUT2D eigenvalue weighted by Crippen LogP contribution is 2.42. The lowest BCUT2D eigenvalue weighted by molar-refractivity contribution is -0.114. The van der Waals surface area contributed by atoms with Gasteiger partial charge < -0.3 is 5.32 Å². The molecule has 0 saturated carbocycles. The molecule has 36 heavy (non-hydrogen) atoms. The summed E-state index contributed by atoms with van der Waals surface area (Å²) in [6, 6.07) is 24.6. The molecule has 180 valence electrons. The third-order valence-electron chi connectivity index (χ3n) is 5.83. The molecule has 2 amide bonds. The first-order valence-electron chi connectivity index (χ1n) is 11.2. The maximum Gasteiger partial charge on any atom is 0.271 e. The number of amides is 2. The number of carbonyl (C=O) groups is 2. The van der Waals surface area contributed by atoms with Crippen LogP contribution in [0.2, 0.25) is 0 Å². The van der Waals surface area contributed by atoms with E-state index < -0.39 is 15.9 Å². The first-order valence-corrected chi connectivity index (χ1v) is 12.6. The zero-order chi connectivity index (χ0) is 25.3. The largest absolute Gasteiger partial charge is 0.326 e. The number of hydrogen-bond acceptors (Lipinski definition) is 5. The van der Waals surface area contributed by atoms with Gasteiger partial charge in [0, 0.05) is 23.6 Å². The first-order chi connectivity index (χ1) is 17.3. The maximum atomic E-state index is 13.2. The number of sulfonamides is 1. The molecule has 0 aliphatic carbocycles. The van der Waals surface area contributed by atoms with Crippen LogP contribution in [-0.2, 0) is 21.4 Å². The van der Waals surface area contributed by atoms with E-state index in [0.717, 1.165) is 21.9 Å². The normalized spacial score (nSPS) is 13.8. The number of rotatable bonds is 6. The Morgan fingerprint density at radius 2 is 1.61 bits per heavy atom. The van der Waals surface area contributed by atoms with Crippen LogP contribution in [0.25, 0.3) is 10.8 Å². The van der Waals surface area contributed by atoms with Crippen LogP contribution < -0.4 is 15.0 Å². The van der Waals surface area contributed by atoms with Crippen LogP contribution in [0.1, 0.15) is 28.4 Å². The molecule has 5 rings (SSSR count). The minimum absolute atomic E-state index is 0.154. The fourth-order valence-corrected chi connectivity index (χ4v) is 5.84. The van der Waals surface area contributed by atoms with E-state index in [-0.39, 0.29) is 12.5 Å². The van der Waals surface area contributed by atoms with Gasteiger partial charge in [-0.05, 0) is 52.9 Å². The highest BCUT2D eigenvalue weighted by Gasteiger charge is 2.35. The molecular formula is C27H22N4O4S. The molecule has 0 spiro atoms. The standard InChI is InChI=1S/C27H22N4O4S/c1-18(32)29-23-14-10-19(11-15-23)16-28-30-27(33)22-12-8-20(9-13-22)17-31-24-6-2-4-21-5-3-7-25(26(21)24)36(31,34)35/h2-16H,17H2,1H3,(H,29,32)(H,30,33). The van der Waals surface area contributed by atoms with Gasteiger partial charge in [-0.3, -0.25) is 13.9 Å². The molecule has 2 N–H and O–H groups in total. The van der Waals surface area contributed by atoms with Gasteiger partial charge in [-0.1, -0.05) is 48.5 Å². The van der Waals surface area contributed by atoms with Gasteiger partial charge in [0.1, 0.15) is 0 Å². The summed E-state index contributed by atoms with van der Waals surface area (Å²) in [5.41, 5.74) is 5.71. The Labute approximate surface area is 208 Å². The van der Waals surface area contributed by atoms with Crippen molar-refractivity contribution in [1.29, 1.82) is 0 Å². The van der Waals surface area contributed by atoms with E-state index in [0.29, 0.717) is 21.8 Å². The monoisotopic (exact) mass is 498 g/mol. The quantitative estimate of drug-likeness (QED) is 0.306.